The second-order valence-electron chi connectivity index (χ2n) is 26.5. The number of benzene rings is 13. The van der Waals surface area contributed by atoms with Crippen LogP contribution in [0.25, 0.3) is 121 Å². The molecule has 17 rings (SSSR count). The number of anilines is 6. The molecule has 0 amide bonds. The molecule has 0 aliphatic rings. The molecule has 0 bridgehead atoms. The minimum Gasteiger partial charge on any atom is -0.309 e. The van der Waals surface area contributed by atoms with Gasteiger partial charge in [0.25, 0.3) is 0 Å². The first-order chi connectivity index (χ1) is 43.9. The second-order valence-corrected chi connectivity index (χ2v) is 26.5. The van der Waals surface area contributed by atoms with Gasteiger partial charge in [-0.1, -0.05) is 248 Å². The number of hydrogen-bond acceptors (Lipinski definition) is 2. The summed E-state index contributed by atoms with van der Waals surface area (Å²) >= 11 is 0. The Hall–Kier alpha value is -10.9. The van der Waals surface area contributed by atoms with E-state index in [0.29, 0.717) is 0 Å². The lowest BCUT2D eigenvalue weighted by molar-refractivity contribution is 0.590. The Labute approximate surface area is 525 Å². The van der Waals surface area contributed by atoms with Crippen molar-refractivity contribution in [2.45, 2.75) is 52.4 Å². The molecule has 0 saturated heterocycles. The van der Waals surface area contributed by atoms with Crippen LogP contribution in [0.15, 0.2) is 291 Å². The van der Waals surface area contributed by atoms with Crippen LogP contribution in [-0.4, -0.2) is 8.80 Å². The highest BCUT2D eigenvalue weighted by Gasteiger charge is 2.30. The van der Waals surface area contributed by atoms with Crippen molar-refractivity contribution in [3.63, 3.8) is 0 Å². The predicted octanol–water partition coefficient (Wildman–Crippen LogP) is 24.2. The van der Waals surface area contributed by atoms with Crippen LogP contribution in [0.1, 0.15) is 52.7 Å². The van der Waals surface area contributed by atoms with Crippen LogP contribution in [0.5, 0.6) is 0 Å². The molecule has 0 aliphatic heterocycles. The predicted molar refractivity (Wildman–Crippen MR) is 384 cm³/mol. The molecule has 0 N–H and O–H groups in total. The molecule has 0 saturated carbocycles. The van der Waals surface area contributed by atoms with Gasteiger partial charge in [0.2, 0.25) is 0 Å². The Kier molecular flexibility index (Phi) is 12.0. The van der Waals surface area contributed by atoms with E-state index in [9.17, 15) is 0 Å². The van der Waals surface area contributed by atoms with Gasteiger partial charge in [0.15, 0.2) is 0 Å². The topological polar surface area (TPSA) is 15.3 Å². The standard InChI is InChI=1S/C86H66N4/c1-85(2,3)61-37-41-63(42-38-61)87(75-47-35-59(55-23-11-7-12-24-55)51-69(75)57-27-15-9-16-28-57)77-49-45-65-71-53-80-72(54-79(71)89-73-33-21-19-31-67(73)81(77)83(65)89)66-46-50-78(82-68-32-20-22-34-74(68)90(80)84(66)82)88(64-43-39-62(40-44-64)86(4,5)6)76-48-36-60(56-25-13-8-14-26-56)52-70(76)58-29-17-10-18-30-58/h7-54H,1-6H3. The van der Waals surface area contributed by atoms with Crippen molar-refractivity contribution in [3.8, 4) is 44.5 Å². The van der Waals surface area contributed by atoms with Crippen LogP contribution in [0.2, 0.25) is 0 Å². The highest BCUT2D eigenvalue weighted by molar-refractivity contribution is 6.32. The van der Waals surface area contributed by atoms with E-state index in [1.165, 1.54) is 132 Å². The molecule has 90 heavy (non-hydrogen) atoms. The molecule has 0 atom stereocenters. The van der Waals surface area contributed by atoms with Gasteiger partial charge in [-0.2, -0.15) is 0 Å². The van der Waals surface area contributed by atoms with E-state index in [-0.39, 0.29) is 10.8 Å². The maximum absolute atomic E-state index is 2.57. The van der Waals surface area contributed by atoms with E-state index in [4.69, 9.17) is 0 Å². The third kappa shape index (κ3) is 8.35. The average Bonchev–Trinajstić information content (AvgIpc) is 1.52. The summed E-state index contributed by atoms with van der Waals surface area (Å²) in [6.45, 7) is 13.8. The average molecular weight is 1160 g/mol. The molecule has 17 aromatic rings. The van der Waals surface area contributed by atoms with Gasteiger partial charge in [-0.15, -0.1) is 0 Å². The Morgan fingerprint density at radius 1 is 0.244 bits per heavy atom. The summed E-state index contributed by atoms with van der Waals surface area (Å²) in [4.78, 5) is 5.06. The number of para-hydroxylation sites is 2. The summed E-state index contributed by atoms with van der Waals surface area (Å²) in [5.41, 5.74) is 25.9. The van der Waals surface area contributed by atoms with E-state index < -0.39 is 0 Å². The van der Waals surface area contributed by atoms with Crippen LogP contribution < -0.4 is 9.80 Å². The van der Waals surface area contributed by atoms with Gasteiger partial charge in [0.1, 0.15) is 0 Å². The highest BCUT2D eigenvalue weighted by Crippen LogP contribution is 2.54. The van der Waals surface area contributed by atoms with E-state index in [1.54, 1.807) is 0 Å². The SMILES string of the molecule is CC(C)(C)c1ccc(N(c2ccc(-c3ccccc3)cc2-c2ccccc2)c2ccc3c4cc5c(cc4n4c6ccccc6c2c34)c2ccc(N(c3ccc(C(C)(C)C)cc3)c3ccc(-c4ccccc4)cc3-c3ccccc3)c3c4ccccc4n5c23)cc1. The third-order valence-electron chi connectivity index (χ3n) is 19.1. The summed E-state index contributed by atoms with van der Waals surface area (Å²) in [5.74, 6) is 0. The smallest absolute Gasteiger partial charge is 0.0641 e. The van der Waals surface area contributed by atoms with Gasteiger partial charge < -0.3 is 18.6 Å². The summed E-state index contributed by atoms with van der Waals surface area (Å²) in [5, 5.41) is 9.83. The van der Waals surface area contributed by atoms with Crippen molar-refractivity contribution in [1.29, 1.82) is 0 Å². The molecule has 0 aliphatic carbocycles. The highest BCUT2D eigenvalue weighted by atomic mass is 15.2. The largest absolute Gasteiger partial charge is 0.309 e. The van der Waals surface area contributed by atoms with Crippen molar-refractivity contribution < 1.29 is 0 Å². The number of nitrogens with zero attached hydrogens (tertiary/aromatic N) is 4. The Balaban J connectivity index is 0.917. The molecule has 13 aromatic carbocycles. The molecule has 0 spiro atoms. The van der Waals surface area contributed by atoms with Gasteiger partial charge in [-0.25, -0.2) is 0 Å². The van der Waals surface area contributed by atoms with Crippen LogP contribution in [-0.2, 0) is 10.8 Å². The number of hydrogen-bond donors (Lipinski definition) is 0. The fourth-order valence-corrected chi connectivity index (χ4v) is 14.7. The lowest BCUT2D eigenvalue weighted by atomic mass is 9.87. The zero-order valence-electron chi connectivity index (χ0n) is 51.5. The third-order valence-corrected chi connectivity index (χ3v) is 19.1. The van der Waals surface area contributed by atoms with E-state index in [2.05, 4.69) is 351 Å². The van der Waals surface area contributed by atoms with Crippen LogP contribution in [0, 0.1) is 0 Å². The fraction of sp³-hybridized carbons (Fsp3) is 0.0930. The summed E-state index contributed by atoms with van der Waals surface area (Å²) in [6, 6.07) is 109. The van der Waals surface area contributed by atoms with Gasteiger partial charge in [-0.05, 0) is 140 Å². The van der Waals surface area contributed by atoms with Gasteiger partial charge >= 0.3 is 0 Å². The van der Waals surface area contributed by atoms with Crippen LogP contribution in [0.3, 0.4) is 0 Å². The summed E-state index contributed by atoms with van der Waals surface area (Å²) in [6.07, 6.45) is 0. The molecular formula is C86H66N4. The van der Waals surface area contributed by atoms with E-state index in [1.807, 2.05) is 0 Å². The quantitative estimate of drug-likeness (QED) is 0.136. The summed E-state index contributed by atoms with van der Waals surface area (Å²) in [7, 11) is 0. The first-order valence-electron chi connectivity index (χ1n) is 31.6. The lowest BCUT2D eigenvalue weighted by Gasteiger charge is -2.30. The van der Waals surface area contributed by atoms with Gasteiger partial charge in [0.05, 0.1) is 55.8 Å². The molecule has 4 aromatic heterocycles. The Bertz CT molecular complexity index is 5220. The molecule has 4 nitrogen and oxygen atoms in total. The van der Waals surface area contributed by atoms with Crippen molar-refractivity contribution in [2.24, 2.45) is 0 Å². The van der Waals surface area contributed by atoms with Gasteiger partial charge in [-0.3, -0.25) is 0 Å². The second kappa shape index (κ2) is 20.3. The van der Waals surface area contributed by atoms with Crippen molar-refractivity contribution in [3.05, 3.63) is 302 Å². The first kappa shape index (κ1) is 53.3. The molecule has 0 radical (unpaired) electrons. The van der Waals surface area contributed by atoms with Crippen LogP contribution in [0.4, 0.5) is 34.1 Å². The molecule has 430 valence electrons. The molecule has 4 heteroatoms. The zero-order valence-corrected chi connectivity index (χ0v) is 51.5. The van der Waals surface area contributed by atoms with Crippen molar-refractivity contribution in [2.75, 3.05) is 9.80 Å². The number of aromatic nitrogens is 2. The maximum Gasteiger partial charge on any atom is 0.0641 e. The van der Waals surface area contributed by atoms with E-state index >= 15 is 0 Å². The minimum atomic E-state index is -0.00762. The van der Waals surface area contributed by atoms with E-state index in [0.717, 1.165) is 34.1 Å². The molecule has 0 fully saturated rings. The molecule has 0 unspecified atom stereocenters. The number of fused-ring (bicyclic) bond motifs is 12. The normalized spacial score (nSPS) is 12.3. The molecular weight excluding hydrogens is 1090 g/mol. The lowest BCUT2D eigenvalue weighted by Crippen LogP contribution is -2.14. The minimum absolute atomic E-state index is 0.00762. The maximum atomic E-state index is 2.57. The Morgan fingerprint density at radius 3 is 0.944 bits per heavy atom. The monoisotopic (exact) mass is 1150 g/mol. The molecule has 4 heterocycles. The summed E-state index contributed by atoms with van der Waals surface area (Å²) < 4.78 is 5.14. The number of rotatable bonds is 10. The van der Waals surface area contributed by atoms with Crippen molar-refractivity contribution in [1.82, 2.24) is 8.80 Å². The fourth-order valence-electron chi connectivity index (χ4n) is 14.7. The van der Waals surface area contributed by atoms with Gasteiger partial charge in [0, 0.05) is 65.6 Å². The Morgan fingerprint density at radius 2 is 0.578 bits per heavy atom. The van der Waals surface area contributed by atoms with Crippen molar-refractivity contribution >= 4 is 110 Å². The zero-order chi connectivity index (χ0) is 60.6. The van der Waals surface area contributed by atoms with Crippen LogP contribution >= 0.6 is 0 Å². The first-order valence-corrected chi connectivity index (χ1v) is 31.6.